The molecule has 120 valence electrons. The van der Waals surface area contributed by atoms with Gasteiger partial charge in [0.25, 0.3) is 0 Å². The number of aliphatic carboxylic acids is 1. The lowest BCUT2D eigenvalue weighted by molar-refractivity contribution is -0.137. The quantitative estimate of drug-likeness (QED) is 0.417. The molecule has 0 radical (unpaired) electrons. The van der Waals surface area contributed by atoms with Crippen LogP contribution in [0.5, 0.6) is 0 Å². The lowest BCUT2D eigenvalue weighted by atomic mass is 10.1. The smallest absolute Gasteiger partial charge is 0.303 e. The summed E-state index contributed by atoms with van der Waals surface area (Å²) < 4.78 is 0. The van der Waals surface area contributed by atoms with Gasteiger partial charge in [-0.05, 0) is 31.4 Å². The van der Waals surface area contributed by atoms with Crippen molar-refractivity contribution in [2.24, 2.45) is 0 Å². The van der Waals surface area contributed by atoms with Crippen molar-refractivity contribution in [2.45, 2.75) is 83.7 Å². The Balaban J connectivity index is 3.31. The van der Waals surface area contributed by atoms with E-state index in [9.17, 15) is 9.90 Å². The molecule has 0 heterocycles. The van der Waals surface area contributed by atoms with Gasteiger partial charge in [-0.25, -0.2) is 0 Å². The number of carbonyl (C=O) groups is 1. The summed E-state index contributed by atoms with van der Waals surface area (Å²) >= 11 is 0. The van der Waals surface area contributed by atoms with Crippen LogP contribution in [0.3, 0.4) is 0 Å². The molecule has 0 rings (SSSR count). The second kappa shape index (κ2) is 15.1. The van der Waals surface area contributed by atoms with Gasteiger partial charge in [0.05, 0.1) is 6.10 Å². The van der Waals surface area contributed by atoms with E-state index in [1.165, 1.54) is 19.3 Å². The van der Waals surface area contributed by atoms with Crippen LogP contribution in [0.4, 0.5) is 0 Å². The zero-order chi connectivity index (χ0) is 15.8. The second-order valence-electron chi connectivity index (χ2n) is 5.40. The normalized spacial score (nSPS) is 12.1. The molecule has 0 aromatic rings. The Morgan fingerprint density at radius 1 is 1.10 bits per heavy atom. The Labute approximate surface area is 129 Å². The summed E-state index contributed by atoms with van der Waals surface area (Å²) in [5, 5.41) is 18.0. The summed E-state index contributed by atoms with van der Waals surface area (Å²) in [4.78, 5) is 10.3. The molecule has 0 fully saturated rings. The fourth-order valence-electron chi connectivity index (χ4n) is 2.06. The minimum atomic E-state index is -0.690. The first-order valence-electron chi connectivity index (χ1n) is 8.21. The number of carboxylic acid groups (broad SMARTS) is 1. The van der Waals surface area contributed by atoms with Gasteiger partial charge in [-0.3, -0.25) is 4.79 Å². The molecule has 0 unspecified atom stereocenters. The van der Waals surface area contributed by atoms with Crippen molar-refractivity contribution < 1.29 is 15.0 Å². The van der Waals surface area contributed by atoms with Gasteiger partial charge in [-0.1, -0.05) is 57.3 Å². The predicted molar refractivity (Wildman–Crippen MR) is 87.0 cm³/mol. The van der Waals surface area contributed by atoms with Crippen LogP contribution in [0.1, 0.15) is 77.6 Å². The SMILES string of the molecule is CCC[C@H](O)/C=C/C#CCCCCCCCCCC(=O)O. The molecule has 0 saturated heterocycles. The molecular formula is C18H30O3. The van der Waals surface area contributed by atoms with Crippen LogP contribution in [-0.2, 0) is 4.79 Å². The van der Waals surface area contributed by atoms with Crippen LogP contribution in [0.15, 0.2) is 12.2 Å². The third-order valence-electron chi connectivity index (χ3n) is 3.28. The fourth-order valence-corrected chi connectivity index (χ4v) is 2.06. The predicted octanol–water partition coefficient (Wildman–Crippen LogP) is 4.30. The number of rotatable bonds is 12. The average molecular weight is 294 g/mol. The molecule has 0 aliphatic heterocycles. The first kappa shape index (κ1) is 19.7. The minimum absolute atomic E-state index is 0.302. The second-order valence-corrected chi connectivity index (χ2v) is 5.40. The summed E-state index contributed by atoms with van der Waals surface area (Å²) in [7, 11) is 0. The third kappa shape index (κ3) is 16.7. The highest BCUT2D eigenvalue weighted by molar-refractivity contribution is 5.66. The first-order chi connectivity index (χ1) is 10.2. The molecule has 0 saturated carbocycles. The van der Waals surface area contributed by atoms with Crippen molar-refractivity contribution in [3.8, 4) is 11.8 Å². The number of aliphatic hydroxyl groups excluding tert-OH is 1. The topological polar surface area (TPSA) is 57.5 Å². The van der Waals surface area contributed by atoms with E-state index in [0.29, 0.717) is 6.42 Å². The molecule has 0 aromatic carbocycles. The summed E-state index contributed by atoms with van der Waals surface area (Å²) in [5.74, 6) is 5.36. The van der Waals surface area contributed by atoms with Crippen molar-refractivity contribution in [1.82, 2.24) is 0 Å². The number of unbranched alkanes of at least 4 members (excludes halogenated alkanes) is 7. The maximum absolute atomic E-state index is 10.3. The Morgan fingerprint density at radius 3 is 2.33 bits per heavy atom. The van der Waals surface area contributed by atoms with E-state index >= 15 is 0 Å². The maximum atomic E-state index is 10.3. The van der Waals surface area contributed by atoms with E-state index in [0.717, 1.165) is 44.9 Å². The van der Waals surface area contributed by atoms with Gasteiger partial charge in [0.2, 0.25) is 0 Å². The van der Waals surface area contributed by atoms with Crippen LogP contribution in [0.25, 0.3) is 0 Å². The van der Waals surface area contributed by atoms with Crippen LogP contribution in [-0.4, -0.2) is 22.3 Å². The van der Waals surface area contributed by atoms with Crippen LogP contribution < -0.4 is 0 Å². The molecule has 21 heavy (non-hydrogen) atoms. The molecule has 3 heteroatoms. The van der Waals surface area contributed by atoms with Crippen LogP contribution in [0, 0.1) is 11.8 Å². The monoisotopic (exact) mass is 294 g/mol. The molecule has 1 atom stereocenters. The van der Waals surface area contributed by atoms with Crippen molar-refractivity contribution in [1.29, 1.82) is 0 Å². The molecule has 0 aliphatic carbocycles. The molecule has 3 nitrogen and oxygen atoms in total. The van der Waals surface area contributed by atoms with Crippen LogP contribution >= 0.6 is 0 Å². The van der Waals surface area contributed by atoms with E-state index in [1.807, 2.05) is 0 Å². The molecule has 0 amide bonds. The van der Waals surface area contributed by atoms with E-state index < -0.39 is 5.97 Å². The minimum Gasteiger partial charge on any atom is -0.481 e. The summed E-state index contributed by atoms with van der Waals surface area (Å²) in [6.45, 7) is 2.05. The van der Waals surface area contributed by atoms with Crippen molar-refractivity contribution >= 4 is 5.97 Å². The van der Waals surface area contributed by atoms with Gasteiger partial charge in [-0.15, -0.1) is 0 Å². The lowest BCUT2D eigenvalue weighted by Crippen LogP contribution is -1.99. The molecule has 2 N–H and O–H groups in total. The average Bonchev–Trinajstić information content (AvgIpc) is 2.44. The number of carboxylic acids is 1. The van der Waals surface area contributed by atoms with Gasteiger partial charge in [-0.2, -0.15) is 0 Å². The largest absolute Gasteiger partial charge is 0.481 e. The number of hydrogen-bond acceptors (Lipinski definition) is 2. The van der Waals surface area contributed by atoms with Crippen molar-refractivity contribution in [3.63, 3.8) is 0 Å². The number of hydrogen-bond donors (Lipinski definition) is 2. The lowest BCUT2D eigenvalue weighted by Gasteiger charge is -1.99. The number of allylic oxidation sites excluding steroid dienone is 1. The molecule has 0 bridgehead atoms. The molecule has 0 aromatic heterocycles. The van der Waals surface area contributed by atoms with Gasteiger partial charge in [0, 0.05) is 12.8 Å². The highest BCUT2D eigenvalue weighted by Gasteiger charge is 1.96. The van der Waals surface area contributed by atoms with Crippen molar-refractivity contribution in [3.05, 3.63) is 12.2 Å². The third-order valence-corrected chi connectivity index (χ3v) is 3.28. The van der Waals surface area contributed by atoms with Crippen molar-refractivity contribution in [2.75, 3.05) is 0 Å². The summed E-state index contributed by atoms with van der Waals surface area (Å²) in [6, 6.07) is 0. The highest BCUT2D eigenvalue weighted by atomic mass is 16.4. The number of aliphatic hydroxyl groups is 1. The Hall–Kier alpha value is -1.27. The van der Waals surface area contributed by atoms with Gasteiger partial charge in [0.1, 0.15) is 0 Å². The van der Waals surface area contributed by atoms with E-state index in [-0.39, 0.29) is 6.10 Å². The molecule has 0 aliphatic rings. The Morgan fingerprint density at radius 2 is 1.71 bits per heavy atom. The van der Waals surface area contributed by atoms with Gasteiger partial charge >= 0.3 is 5.97 Å². The van der Waals surface area contributed by atoms with E-state index in [2.05, 4.69) is 18.8 Å². The van der Waals surface area contributed by atoms with Gasteiger partial charge in [0.15, 0.2) is 0 Å². The zero-order valence-electron chi connectivity index (χ0n) is 13.3. The standard InChI is InChI=1S/C18H30O3/c1-2-14-17(19)15-12-10-8-6-4-3-5-7-9-11-13-16-18(20)21/h12,15,17,19H,2-7,9,11,13-14,16H2,1H3,(H,20,21)/b15-12+/t17-/m0/s1. The first-order valence-corrected chi connectivity index (χ1v) is 8.21. The fraction of sp³-hybridized carbons (Fsp3) is 0.722. The van der Waals surface area contributed by atoms with Crippen LogP contribution in [0.2, 0.25) is 0 Å². The van der Waals surface area contributed by atoms with E-state index in [4.69, 9.17) is 5.11 Å². The summed E-state index contributed by atoms with van der Waals surface area (Å²) in [5.41, 5.74) is 0. The maximum Gasteiger partial charge on any atom is 0.303 e. The Kier molecular flexibility index (Phi) is 14.2. The highest BCUT2D eigenvalue weighted by Crippen LogP contribution is 2.09. The zero-order valence-corrected chi connectivity index (χ0v) is 13.3. The molecular weight excluding hydrogens is 264 g/mol. The Bertz CT molecular complexity index is 336. The van der Waals surface area contributed by atoms with Gasteiger partial charge < -0.3 is 10.2 Å². The van der Waals surface area contributed by atoms with E-state index in [1.54, 1.807) is 12.2 Å². The summed E-state index contributed by atoms with van der Waals surface area (Å²) in [6.07, 6.45) is 13.8. The molecule has 0 spiro atoms.